The molecule has 0 fully saturated rings. The SMILES string of the molecule is Cc1cc(I)ccc1Nc1cc([N+](=O)[O-])c(-n2cccc2)cc1C(=O)O. The molecule has 0 unspecified atom stereocenters. The summed E-state index contributed by atoms with van der Waals surface area (Å²) in [5, 5.41) is 24.1. The molecule has 3 rings (SSSR count). The van der Waals surface area contributed by atoms with Crippen LogP contribution in [0.4, 0.5) is 17.1 Å². The predicted molar refractivity (Wildman–Crippen MR) is 107 cm³/mol. The summed E-state index contributed by atoms with van der Waals surface area (Å²) in [5.74, 6) is -1.17. The second-order valence-corrected chi connectivity index (χ2v) is 6.87. The van der Waals surface area contributed by atoms with Crippen molar-refractivity contribution in [3.05, 3.63) is 79.7 Å². The van der Waals surface area contributed by atoms with Crippen LogP contribution in [-0.2, 0) is 0 Å². The molecule has 0 radical (unpaired) electrons. The Hall–Kier alpha value is -2.88. The van der Waals surface area contributed by atoms with Gasteiger partial charge in [-0.05, 0) is 71.5 Å². The van der Waals surface area contributed by atoms with Crippen molar-refractivity contribution in [3.8, 4) is 5.69 Å². The fourth-order valence-corrected chi connectivity index (χ4v) is 3.26. The molecule has 0 aliphatic carbocycles. The Morgan fingerprint density at radius 3 is 2.46 bits per heavy atom. The highest BCUT2D eigenvalue weighted by atomic mass is 127. The van der Waals surface area contributed by atoms with Crippen LogP contribution in [0.1, 0.15) is 15.9 Å². The fraction of sp³-hybridized carbons (Fsp3) is 0.0556. The number of nitro benzene ring substituents is 1. The van der Waals surface area contributed by atoms with Gasteiger partial charge in [0.1, 0.15) is 5.69 Å². The van der Waals surface area contributed by atoms with Crippen LogP contribution in [0.15, 0.2) is 54.9 Å². The summed E-state index contributed by atoms with van der Waals surface area (Å²) < 4.78 is 2.56. The lowest BCUT2D eigenvalue weighted by atomic mass is 10.1. The van der Waals surface area contributed by atoms with Gasteiger partial charge in [0.25, 0.3) is 5.69 Å². The molecule has 132 valence electrons. The van der Waals surface area contributed by atoms with Crippen molar-refractivity contribution in [1.82, 2.24) is 4.57 Å². The minimum Gasteiger partial charge on any atom is -0.478 e. The minimum atomic E-state index is -1.17. The number of nitrogens with one attached hydrogen (secondary N) is 1. The summed E-state index contributed by atoms with van der Waals surface area (Å²) in [6, 6.07) is 11.6. The molecule has 0 saturated carbocycles. The van der Waals surface area contributed by atoms with Crippen molar-refractivity contribution in [2.45, 2.75) is 6.92 Å². The number of carboxylic acid groups (broad SMARTS) is 1. The number of nitro groups is 1. The largest absolute Gasteiger partial charge is 0.478 e. The molecule has 3 aromatic rings. The molecule has 26 heavy (non-hydrogen) atoms. The van der Waals surface area contributed by atoms with Crippen molar-refractivity contribution < 1.29 is 14.8 Å². The van der Waals surface area contributed by atoms with Crippen LogP contribution >= 0.6 is 22.6 Å². The predicted octanol–water partition coefficient (Wildman–Crippen LogP) is 4.74. The van der Waals surface area contributed by atoms with E-state index in [0.717, 1.165) is 9.13 Å². The molecule has 7 nitrogen and oxygen atoms in total. The molecule has 0 aliphatic heterocycles. The number of aromatic carboxylic acids is 1. The number of nitrogens with zero attached hydrogens (tertiary/aromatic N) is 2. The molecule has 8 heteroatoms. The molecule has 2 N–H and O–H groups in total. The van der Waals surface area contributed by atoms with Gasteiger partial charge in [0, 0.05) is 27.7 Å². The minimum absolute atomic E-state index is 0.0442. The van der Waals surface area contributed by atoms with Crippen molar-refractivity contribution in [2.75, 3.05) is 5.32 Å². The van der Waals surface area contributed by atoms with E-state index >= 15 is 0 Å². The highest BCUT2D eigenvalue weighted by Crippen LogP contribution is 2.33. The second kappa shape index (κ2) is 7.16. The summed E-state index contributed by atoms with van der Waals surface area (Å²) in [6.07, 6.45) is 3.26. The smallest absolute Gasteiger partial charge is 0.337 e. The number of rotatable bonds is 5. The summed E-state index contributed by atoms with van der Waals surface area (Å²) >= 11 is 2.18. The Bertz CT molecular complexity index is 1000. The van der Waals surface area contributed by atoms with E-state index in [-0.39, 0.29) is 22.6 Å². The molecule has 1 heterocycles. The lowest BCUT2D eigenvalue weighted by Gasteiger charge is -2.14. The van der Waals surface area contributed by atoms with E-state index in [9.17, 15) is 20.0 Å². The molecule has 0 aliphatic rings. The van der Waals surface area contributed by atoms with Gasteiger partial charge in [-0.25, -0.2) is 4.79 Å². The fourth-order valence-electron chi connectivity index (χ4n) is 2.62. The zero-order valence-electron chi connectivity index (χ0n) is 13.6. The van der Waals surface area contributed by atoms with Crippen molar-refractivity contribution in [1.29, 1.82) is 0 Å². The first-order valence-electron chi connectivity index (χ1n) is 7.59. The second-order valence-electron chi connectivity index (χ2n) is 5.62. The normalized spacial score (nSPS) is 10.5. The third-order valence-electron chi connectivity index (χ3n) is 3.88. The van der Waals surface area contributed by atoms with Crippen LogP contribution in [0, 0.1) is 20.6 Å². The monoisotopic (exact) mass is 463 g/mol. The van der Waals surface area contributed by atoms with E-state index in [1.54, 1.807) is 24.5 Å². The highest BCUT2D eigenvalue weighted by molar-refractivity contribution is 14.1. The maximum Gasteiger partial charge on any atom is 0.337 e. The summed E-state index contributed by atoms with van der Waals surface area (Å²) in [6.45, 7) is 1.88. The van der Waals surface area contributed by atoms with Gasteiger partial charge in [0.2, 0.25) is 0 Å². The van der Waals surface area contributed by atoms with Gasteiger partial charge in [-0.15, -0.1) is 0 Å². The van der Waals surface area contributed by atoms with Gasteiger partial charge >= 0.3 is 5.97 Å². The van der Waals surface area contributed by atoms with Gasteiger partial charge in [-0.3, -0.25) is 10.1 Å². The number of hydrogen-bond acceptors (Lipinski definition) is 4. The van der Waals surface area contributed by atoms with E-state index < -0.39 is 10.9 Å². The standard InChI is InChI=1S/C18H14IN3O4/c1-11-8-12(19)4-5-14(11)20-15-10-17(22(25)26)16(9-13(15)18(23)24)21-6-2-3-7-21/h2-10,20H,1H3,(H,23,24). The molecule has 0 amide bonds. The lowest BCUT2D eigenvalue weighted by Crippen LogP contribution is -2.08. The van der Waals surface area contributed by atoms with E-state index in [1.807, 2.05) is 25.1 Å². The van der Waals surface area contributed by atoms with Crippen LogP contribution in [-0.4, -0.2) is 20.6 Å². The van der Waals surface area contributed by atoms with Gasteiger partial charge in [0.05, 0.1) is 16.2 Å². The molecule has 0 bridgehead atoms. The van der Waals surface area contributed by atoms with Crippen molar-refractivity contribution in [2.24, 2.45) is 0 Å². The summed E-state index contributed by atoms with van der Waals surface area (Å²) in [4.78, 5) is 22.7. The number of aromatic nitrogens is 1. The van der Waals surface area contributed by atoms with Crippen LogP contribution in [0.25, 0.3) is 5.69 Å². The molecule has 0 spiro atoms. The summed E-state index contributed by atoms with van der Waals surface area (Å²) in [5.41, 5.74) is 1.74. The van der Waals surface area contributed by atoms with E-state index in [2.05, 4.69) is 27.9 Å². The molecule has 2 aromatic carbocycles. The highest BCUT2D eigenvalue weighted by Gasteiger charge is 2.22. The van der Waals surface area contributed by atoms with E-state index in [4.69, 9.17) is 0 Å². The number of aryl methyl sites for hydroxylation is 1. The average Bonchev–Trinajstić information content (AvgIpc) is 3.11. The van der Waals surface area contributed by atoms with Gasteiger partial charge in [0.15, 0.2) is 0 Å². The summed E-state index contributed by atoms with van der Waals surface area (Å²) in [7, 11) is 0. The zero-order valence-corrected chi connectivity index (χ0v) is 15.8. The first-order valence-corrected chi connectivity index (χ1v) is 8.67. The van der Waals surface area contributed by atoms with Crippen LogP contribution < -0.4 is 5.32 Å². The van der Waals surface area contributed by atoms with Gasteiger partial charge in [-0.1, -0.05) is 0 Å². The Labute approximate surface area is 162 Å². The third-order valence-corrected chi connectivity index (χ3v) is 4.55. The molecular formula is C18H14IN3O4. The third kappa shape index (κ3) is 3.54. The topological polar surface area (TPSA) is 97.4 Å². The van der Waals surface area contributed by atoms with Crippen LogP contribution in [0.5, 0.6) is 0 Å². The Morgan fingerprint density at radius 1 is 1.19 bits per heavy atom. The lowest BCUT2D eigenvalue weighted by molar-refractivity contribution is -0.384. The number of carbonyl (C=O) groups is 1. The van der Waals surface area contributed by atoms with Crippen LogP contribution in [0.3, 0.4) is 0 Å². The number of halogens is 1. The van der Waals surface area contributed by atoms with Gasteiger partial charge in [-0.2, -0.15) is 0 Å². The van der Waals surface area contributed by atoms with E-state index in [1.165, 1.54) is 16.7 Å². The molecule has 1 aromatic heterocycles. The average molecular weight is 463 g/mol. The maximum atomic E-state index is 11.7. The van der Waals surface area contributed by atoms with Crippen molar-refractivity contribution in [3.63, 3.8) is 0 Å². The maximum absolute atomic E-state index is 11.7. The molecule has 0 atom stereocenters. The number of carboxylic acids is 1. The van der Waals surface area contributed by atoms with E-state index in [0.29, 0.717) is 5.69 Å². The Balaban J connectivity index is 2.16. The first kappa shape index (κ1) is 17.9. The van der Waals surface area contributed by atoms with Crippen molar-refractivity contribution >= 4 is 45.6 Å². The number of anilines is 2. The molecular weight excluding hydrogens is 449 g/mol. The van der Waals surface area contributed by atoms with Gasteiger partial charge < -0.3 is 15.0 Å². The Kier molecular flexibility index (Phi) is 4.94. The number of hydrogen-bond donors (Lipinski definition) is 2. The molecule has 0 saturated heterocycles. The zero-order chi connectivity index (χ0) is 18.8. The Morgan fingerprint density at radius 2 is 1.88 bits per heavy atom. The quantitative estimate of drug-likeness (QED) is 0.324. The first-order chi connectivity index (χ1) is 12.4. The number of benzene rings is 2. The van der Waals surface area contributed by atoms with Crippen LogP contribution in [0.2, 0.25) is 0 Å².